The van der Waals surface area contributed by atoms with E-state index in [1.807, 2.05) is 12.1 Å². The number of nitrogens with one attached hydrogen (secondary N) is 2. The van der Waals surface area contributed by atoms with E-state index in [2.05, 4.69) is 15.7 Å². The summed E-state index contributed by atoms with van der Waals surface area (Å²) in [6.45, 7) is 1.66. The molecule has 1 aliphatic rings. The van der Waals surface area contributed by atoms with Gasteiger partial charge in [-0.25, -0.2) is 4.68 Å². The molecule has 1 aliphatic heterocycles. The number of hydrogen-bond acceptors (Lipinski definition) is 4. The predicted molar refractivity (Wildman–Crippen MR) is 95.5 cm³/mol. The van der Waals surface area contributed by atoms with Crippen molar-refractivity contribution in [3.05, 3.63) is 52.3 Å². The van der Waals surface area contributed by atoms with Crippen LogP contribution in [0.1, 0.15) is 23.2 Å². The molecular formula is C17H21ClN4O2. The third kappa shape index (κ3) is 4.21. The van der Waals surface area contributed by atoms with Gasteiger partial charge in [-0.2, -0.15) is 5.10 Å². The van der Waals surface area contributed by atoms with Crippen LogP contribution in [0.15, 0.2) is 41.2 Å². The normalized spacial score (nSPS) is 16.5. The molecule has 1 fully saturated rings. The molecule has 1 atom stereocenters. The first kappa shape index (κ1) is 18.2. The van der Waals surface area contributed by atoms with Crippen molar-refractivity contribution in [1.29, 1.82) is 0 Å². The lowest BCUT2D eigenvalue weighted by atomic mass is 10.1. The van der Waals surface area contributed by atoms with Crippen molar-refractivity contribution in [3.63, 3.8) is 0 Å². The molecule has 0 unspecified atom stereocenters. The van der Waals surface area contributed by atoms with E-state index in [1.54, 1.807) is 25.2 Å². The largest absolute Gasteiger partial charge is 0.350 e. The van der Waals surface area contributed by atoms with E-state index < -0.39 is 0 Å². The third-order valence-corrected chi connectivity index (χ3v) is 4.05. The number of carbonyl (C=O) groups is 1. The van der Waals surface area contributed by atoms with Crippen LogP contribution in [0.3, 0.4) is 0 Å². The number of amides is 1. The Morgan fingerprint density at radius 1 is 1.38 bits per heavy atom. The Balaban J connectivity index is 0.00000208. The molecule has 0 bridgehead atoms. The third-order valence-electron chi connectivity index (χ3n) is 4.05. The smallest absolute Gasteiger partial charge is 0.266 e. The first-order chi connectivity index (χ1) is 11.1. The summed E-state index contributed by atoms with van der Waals surface area (Å²) >= 11 is 0. The fourth-order valence-electron chi connectivity index (χ4n) is 2.72. The van der Waals surface area contributed by atoms with Crippen LogP contribution in [0.2, 0.25) is 0 Å². The Bertz CT molecular complexity index is 769. The van der Waals surface area contributed by atoms with Crippen LogP contribution >= 0.6 is 12.4 Å². The van der Waals surface area contributed by atoms with Gasteiger partial charge in [-0.1, -0.05) is 12.1 Å². The summed E-state index contributed by atoms with van der Waals surface area (Å²) in [6, 6.07) is 10.8. The van der Waals surface area contributed by atoms with Gasteiger partial charge in [-0.05, 0) is 37.6 Å². The summed E-state index contributed by atoms with van der Waals surface area (Å²) in [6.07, 6.45) is 2.26. The van der Waals surface area contributed by atoms with Crippen LogP contribution in [-0.2, 0) is 7.05 Å². The SMILES string of the molecule is Cl.Cn1nc(-c2cccc(C(=O)NC[C@@H]3CCCN3)c2)ccc1=O. The number of benzene rings is 1. The topological polar surface area (TPSA) is 76.0 Å². The van der Waals surface area contributed by atoms with Crippen LogP contribution in [0.4, 0.5) is 0 Å². The molecule has 2 aromatic rings. The van der Waals surface area contributed by atoms with Gasteiger partial charge in [0.1, 0.15) is 0 Å². The van der Waals surface area contributed by atoms with E-state index in [-0.39, 0.29) is 23.9 Å². The highest BCUT2D eigenvalue weighted by Crippen LogP contribution is 2.17. The molecule has 0 aliphatic carbocycles. The zero-order chi connectivity index (χ0) is 16.2. The van der Waals surface area contributed by atoms with Gasteiger partial charge in [0.15, 0.2) is 0 Å². The fraction of sp³-hybridized carbons (Fsp3) is 0.353. The molecule has 24 heavy (non-hydrogen) atoms. The van der Waals surface area contributed by atoms with Gasteiger partial charge in [0.25, 0.3) is 11.5 Å². The van der Waals surface area contributed by atoms with Gasteiger partial charge in [0, 0.05) is 36.8 Å². The van der Waals surface area contributed by atoms with Crippen molar-refractivity contribution in [2.45, 2.75) is 18.9 Å². The van der Waals surface area contributed by atoms with Crippen molar-refractivity contribution in [2.24, 2.45) is 7.05 Å². The first-order valence-corrected chi connectivity index (χ1v) is 7.80. The van der Waals surface area contributed by atoms with Gasteiger partial charge < -0.3 is 10.6 Å². The number of carbonyl (C=O) groups excluding carboxylic acids is 1. The minimum Gasteiger partial charge on any atom is -0.350 e. The Hall–Kier alpha value is -2.18. The van der Waals surface area contributed by atoms with Crippen LogP contribution in [0.25, 0.3) is 11.3 Å². The number of nitrogens with zero attached hydrogens (tertiary/aromatic N) is 2. The van der Waals surface area contributed by atoms with E-state index in [4.69, 9.17) is 0 Å². The summed E-state index contributed by atoms with van der Waals surface area (Å²) in [5, 5.41) is 10.5. The highest BCUT2D eigenvalue weighted by atomic mass is 35.5. The molecule has 0 radical (unpaired) electrons. The standard InChI is InChI=1S/C17H20N4O2.ClH/c1-21-16(22)8-7-15(20-21)12-4-2-5-13(10-12)17(23)19-11-14-6-3-9-18-14;/h2,4-5,7-8,10,14,18H,3,6,9,11H2,1H3,(H,19,23);1H/t14-;/m0./s1. The lowest BCUT2D eigenvalue weighted by molar-refractivity contribution is 0.0950. The number of halogens is 1. The summed E-state index contributed by atoms with van der Waals surface area (Å²) in [4.78, 5) is 23.7. The summed E-state index contributed by atoms with van der Waals surface area (Å²) < 4.78 is 1.29. The summed E-state index contributed by atoms with van der Waals surface area (Å²) in [7, 11) is 1.61. The Kier molecular flexibility index (Phi) is 6.11. The second kappa shape index (κ2) is 8.08. The van der Waals surface area contributed by atoms with Crippen molar-refractivity contribution in [2.75, 3.05) is 13.1 Å². The molecule has 2 N–H and O–H groups in total. The van der Waals surface area contributed by atoms with Gasteiger partial charge in [-0.3, -0.25) is 9.59 Å². The molecule has 2 heterocycles. The van der Waals surface area contributed by atoms with E-state index in [1.165, 1.54) is 10.7 Å². The highest BCUT2D eigenvalue weighted by Gasteiger charge is 2.15. The Morgan fingerprint density at radius 3 is 2.92 bits per heavy atom. The maximum Gasteiger partial charge on any atom is 0.266 e. The summed E-state index contributed by atoms with van der Waals surface area (Å²) in [5.74, 6) is -0.0922. The number of rotatable bonds is 4. The highest BCUT2D eigenvalue weighted by molar-refractivity contribution is 5.95. The molecule has 1 aromatic carbocycles. The zero-order valence-corrected chi connectivity index (χ0v) is 14.3. The van der Waals surface area contributed by atoms with Crippen molar-refractivity contribution < 1.29 is 4.79 Å². The molecule has 0 spiro atoms. The van der Waals surface area contributed by atoms with Crippen LogP contribution in [0.5, 0.6) is 0 Å². The Labute approximate surface area is 146 Å². The number of aryl methyl sites for hydroxylation is 1. The van der Waals surface area contributed by atoms with Gasteiger partial charge in [0.2, 0.25) is 0 Å². The van der Waals surface area contributed by atoms with Crippen molar-refractivity contribution in [3.8, 4) is 11.3 Å². The molecule has 0 saturated carbocycles. The van der Waals surface area contributed by atoms with Gasteiger partial charge in [0.05, 0.1) is 5.69 Å². The predicted octanol–water partition coefficient (Wildman–Crippen LogP) is 1.35. The fourth-order valence-corrected chi connectivity index (χ4v) is 2.72. The minimum absolute atomic E-state index is 0. The molecular weight excluding hydrogens is 328 g/mol. The average molecular weight is 349 g/mol. The molecule has 3 rings (SSSR count). The zero-order valence-electron chi connectivity index (χ0n) is 13.5. The van der Waals surface area contributed by atoms with E-state index in [9.17, 15) is 9.59 Å². The van der Waals surface area contributed by atoms with Crippen molar-refractivity contribution >= 4 is 18.3 Å². The molecule has 1 saturated heterocycles. The van der Waals surface area contributed by atoms with Crippen molar-refractivity contribution in [1.82, 2.24) is 20.4 Å². The maximum atomic E-state index is 12.3. The molecule has 7 heteroatoms. The molecule has 1 aromatic heterocycles. The van der Waals surface area contributed by atoms with E-state index in [0.717, 1.165) is 24.9 Å². The average Bonchev–Trinajstić information content (AvgIpc) is 3.09. The second-order valence-corrected chi connectivity index (χ2v) is 5.76. The maximum absolute atomic E-state index is 12.3. The molecule has 6 nitrogen and oxygen atoms in total. The van der Waals surface area contributed by atoms with Crippen LogP contribution in [0, 0.1) is 0 Å². The lowest BCUT2D eigenvalue weighted by Gasteiger charge is -2.12. The van der Waals surface area contributed by atoms with Gasteiger partial charge >= 0.3 is 0 Å². The van der Waals surface area contributed by atoms with E-state index in [0.29, 0.717) is 23.8 Å². The molecule has 128 valence electrons. The van der Waals surface area contributed by atoms with Gasteiger partial charge in [-0.15, -0.1) is 12.4 Å². The monoisotopic (exact) mass is 348 g/mol. The van der Waals surface area contributed by atoms with E-state index >= 15 is 0 Å². The Morgan fingerprint density at radius 2 is 2.21 bits per heavy atom. The lowest BCUT2D eigenvalue weighted by Crippen LogP contribution is -2.37. The quantitative estimate of drug-likeness (QED) is 0.874. The summed E-state index contributed by atoms with van der Waals surface area (Å²) in [5.41, 5.74) is 1.91. The van der Waals surface area contributed by atoms with Crippen LogP contribution < -0.4 is 16.2 Å². The minimum atomic E-state index is -0.160. The number of hydrogen-bond donors (Lipinski definition) is 2. The number of aromatic nitrogens is 2. The van der Waals surface area contributed by atoms with Crippen LogP contribution in [-0.4, -0.2) is 34.8 Å². The molecule has 1 amide bonds. The second-order valence-electron chi connectivity index (χ2n) is 5.76. The first-order valence-electron chi connectivity index (χ1n) is 7.80.